The van der Waals surface area contributed by atoms with E-state index in [2.05, 4.69) is 0 Å². The number of carbonyl (C=O) groups is 1. The van der Waals surface area contributed by atoms with Crippen LogP contribution in [0.3, 0.4) is 0 Å². The second-order valence-electron chi connectivity index (χ2n) is 4.80. The number of rotatable bonds is 4. The first-order valence-electron chi connectivity index (χ1n) is 6.48. The Kier molecular flexibility index (Phi) is 4.24. The molecule has 1 aromatic carbocycles. The van der Waals surface area contributed by atoms with Crippen LogP contribution in [0.15, 0.2) is 18.2 Å². The predicted molar refractivity (Wildman–Crippen MR) is 70.2 cm³/mol. The number of carbonyl (C=O) groups excluding carboxylic acids is 1. The third-order valence-corrected chi connectivity index (χ3v) is 3.61. The molecule has 0 amide bonds. The fourth-order valence-electron chi connectivity index (χ4n) is 2.56. The lowest BCUT2D eigenvalue weighted by Crippen LogP contribution is -2.21. The summed E-state index contributed by atoms with van der Waals surface area (Å²) in [5, 5.41) is 0. The summed E-state index contributed by atoms with van der Waals surface area (Å²) in [6, 6.07) is 5.89. The van der Waals surface area contributed by atoms with Crippen molar-refractivity contribution in [1.82, 2.24) is 0 Å². The molecule has 0 saturated heterocycles. The molecule has 18 heavy (non-hydrogen) atoms. The van der Waals surface area contributed by atoms with Crippen LogP contribution in [0.4, 0.5) is 0 Å². The first-order valence-corrected chi connectivity index (χ1v) is 6.48. The Bertz CT molecular complexity index is 426. The second-order valence-corrected chi connectivity index (χ2v) is 4.80. The maximum atomic E-state index is 11.8. The van der Waals surface area contributed by atoms with Crippen molar-refractivity contribution in [2.75, 3.05) is 14.2 Å². The zero-order chi connectivity index (χ0) is 13.0. The van der Waals surface area contributed by atoms with Gasteiger partial charge in [-0.2, -0.15) is 0 Å². The molecule has 0 aromatic heterocycles. The number of benzene rings is 1. The van der Waals surface area contributed by atoms with Crippen molar-refractivity contribution < 1.29 is 14.3 Å². The minimum Gasteiger partial charge on any atom is -0.493 e. The Hall–Kier alpha value is -1.51. The van der Waals surface area contributed by atoms with Crippen molar-refractivity contribution in [3.8, 4) is 11.5 Å². The van der Waals surface area contributed by atoms with E-state index in [1.54, 1.807) is 14.2 Å². The molecule has 0 radical (unpaired) electrons. The molecule has 98 valence electrons. The molecule has 1 aliphatic carbocycles. The molecule has 3 nitrogen and oxygen atoms in total. The Labute approximate surface area is 108 Å². The van der Waals surface area contributed by atoms with E-state index >= 15 is 0 Å². The van der Waals surface area contributed by atoms with E-state index in [-0.39, 0.29) is 5.92 Å². The van der Waals surface area contributed by atoms with Gasteiger partial charge in [0.15, 0.2) is 11.5 Å². The standard InChI is InChI=1S/C15H20O3/c1-17-14-8-7-11(10-15(14)18-2)9-12-5-3-4-6-13(12)16/h7-8,10,12H,3-6,9H2,1-2H3/t12-/m0/s1. The fourth-order valence-corrected chi connectivity index (χ4v) is 2.56. The van der Waals surface area contributed by atoms with Gasteiger partial charge >= 0.3 is 0 Å². The van der Waals surface area contributed by atoms with Crippen LogP contribution in [-0.4, -0.2) is 20.0 Å². The summed E-state index contributed by atoms with van der Waals surface area (Å²) in [5.41, 5.74) is 1.15. The molecule has 1 atom stereocenters. The number of hydrogen-bond donors (Lipinski definition) is 0. The van der Waals surface area contributed by atoms with E-state index in [0.717, 1.165) is 42.7 Å². The largest absolute Gasteiger partial charge is 0.493 e. The zero-order valence-electron chi connectivity index (χ0n) is 11.1. The summed E-state index contributed by atoms with van der Waals surface area (Å²) >= 11 is 0. The molecule has 1 fully saturated rings. The average molecular weight is 248 g/mol. The van der Waals surface area contributed by atoms with Gasteiger partial charge in [-0.3, -0.25) is 4.79 Å². The molecular formula is C15H20O3. The lowest BCUT2D eigenvalue weighted by atomic mass is 9.84. The second kappa shape index (κ2) is 5.89. The molecule has 0 N–H and O–H groups in total. The molecule has 0 aliphatic heterocycles. The van der Waals surface area contributed by atoms with Crippen LogP contribution in [0.2, 0.25) is 0 Å². The van der Waals surface area contributed by atoms with E-state index in [4.69, 9.17) is 9.47 Å². The molecule has 0 spiro atoms. The maximum Gasteiger partial charge on any atom is 0.160 e. The monoisotopic (exact) mass is 248 g/mol. The first-order chi connectivity index (χ1) is 8.74. The SMILES string of the molecule is COc1ccc(C[C@@H]2CCCCC2=O)cc1OC. The summed E-state index contributed by atoms with van der Waals surface area (Å²) in [7, 11) is 3.26. The van der Waals surface area contributed by atoms with Crippen LogP contribution in [0.1, 0.15) is 31.2 Å². The number of methoxy groups -OCH3 is 2. The van der Waals surface area contributed by atoms with Gasteiger partial charge in [-0.05, 0) is 37.0 Å². The Morgan fingerprint density at radius 2 is 1.94 bits per heavy atom. The lowest BCUT2D eigenvalue weighted by molar-refractivity contribution is -0.124. The average Bonchev–Trinajstić information content (AvgIpc) is 2.41. The number of ether oxygens (including phenoxy) is 2. The van der Waals surface area contributed by atoms with Crippen molar-refractivity contribution in [2.24, 2.45) is 5.92 Å². The summed E-state index contributed by atoms with van der Waals surface area (Å²) in [6.45, 7) is 0. The van der Waals surface area contributed by atoms with Gasteiger partial charge in [-0.1, -0.05) is 12.5 Å². The van der Waals surface area contributed by atoms with Crippen LogP contribution in [0.25, 0.3) is 0 Å². The quantitative estimate of drug-likeness (QED) is 0.821. The molecule has 1 saturated carbocycles. The smallest absolute Gasteiger partial charge is 0.160 e. The van der Waals surface area contributed by atoms with Gasteiger partial charge in [0.1, 0.15) is 5.78 Å². The van der Waals surface area contributed by atoms with E-state index in [0.29, 0.717) is 5.78 Å². The van der Waals surface area contributed by atoms with E-state index in [1.807, 2.05) is 18.2 Å². The summed E-state index contributed by atoms with van der Waals surface area (Å²) in [5.74, 6) is 2.07. The van der Waals surface area contributed by atoms with Crippen molar-refractivity contribution >= 4 is 5.78 Å². The molecule has 2 rings (SSSR count). The molecule has 0 heterocycles. The van der Waals surface area contributed by atoms with Gasteiger partial charge in [-0.15, -0.1) is 0 Å². The van der Waals surface area contributed by atoms with Gasteiger partial charge in [0.2, 0.25) is 0 Å². The third-order valence-electron chi connectivity index (χ3n) is 3.61. The number of hydrogen-bond acceptors (Lipinski definition) is 3. The van der Waals surface area contributed by atoms with Gasteiger partial charge in [0, 0.05) is 12.3 Å². The van der Waals surface area contributed by atoms with Crippen molar-refractivity contribution in [1.29, 1.82) is 0 Å². The zero-order valence-corrected chi connectivity index (χ0v) is 11.1. The third kappa shape index (κ3) is 2.84. The van der Waals surface area contributed by atoms with Crippen LogP contribution in [-0.2, 0) is 11.2 Å². The lowest BCUT2D eigenvalue weighted by Gasteiger charge is -2.20. The van der Waals surface area contributed by atoms with Crippen LogP contribution >= 0.6 is 0 Å². The fraction of sp³-hybridized carbons (Fsp3) is 0.533. The Morgan fingerprint density at radius 3 is 2.61 bits per heavy atom. The highest BCUT2D eigenvalue weighted by atomic mass is 16.5. The molecule has 1 aliphatic rings. The van der Waals surface area contributed by atoms with E-state index in [9.17, 15) is 4.79 Å². The van der Waals surface area contributed by atoms with Gasteiger partial charge < -0.3 is 9.47 Å². The Morgan fingerprint density at radius 1 is 1.17 bits per heavy atom. The normalized spacial score (nSPS) is 19.7. The minimum absolute atomic E-state index is 0.192. The van der Waals surface area contributed by atoms with Crippen LogP contribution in [0, 0.1) is 5.92 Å². The number of ketones is 1. The van der Waals surface area contributed by atoms with Crippen LogP contribution < -0.4 is 9.47 Å². The topological polar surface area (TPSA) is 35.5 Å². The Balaban J connectivity index is 2.11. The predicted octanol–water partition coefficient (Wildman–Crippen LogP) is 3.01. The van der Waals surface area contributed by atoms with E-state index in [1.165, 1.54) is 6.42 Å². The maximum absolute atomic E-state index is 11.8. The first kappa shape index (κ1) is 12.9. The van der Waals surface area contributed by atoms with Gasteiger partial charge in [0.25, 0.3) is 0 Å². The molecule has 3 heteroatoms. The summed E-state index contributed by atoms with van der Waals surface area (Å²) in [4.78, 5) is 11.8. The highest BCUT2D eigenvalue weighted by molar-refractivity contribution is 5.81. The van der Waals surface area contributed by atoms with Crippen molar-refractivity contribution in [3.63, 3.8) is 0 Å². The highest BCUT2D eigenvalue weighted by Crippen LogP contribution is 2.30. The number of Topliss-reactive ketones (excluding diaryl/α,β-unsaturated/α-hetero) is 1. The summed E-state index contributed by atoms with van der Waals surface area (Å²) in [6.07, 6.45) is 4.81. The van der Waals surface area contributed by atoms with Crippen molar-refractivity contribution in [2.45, 2.75) is 32.1 Å². The molecule has 1 aromatic rings. The molecule has 0 bridgehead atoms. The van der Waals surface area contributed by atoms with Gasteiger partial charge in [0.05, 0.1) is 14.2 Å². The van der Waals surface area contributed by atoms with E-state index < -0.39 is 0 Å². The molecule has 0 unspecified atom stereocenters. The highest BCUT2D eigenvalue weighted by Gasteiger charge is 2.22. The van der Waals surface area contributed by atoms with Gasteiger partial charge in [-0.25, -0.2) is 0 Å². The summed E-state index contributed by atoms with van der Waals surface area (Å²) < 4.78 is 10.5. The minimum atomic E-state index is 0.192. The van der Waals surface area contributed by atoms with Crippen molar-refractivity contribution in [3.05, 3.63) is 23.8 Å². The molecular weight excluding hydrogens is 228 g/mol. The van der Waals surface area contributed by atoms with Crippen LogP contribution in [0.5, 0.6) is 11.5 Å².